The molecule has 15 nitrogen and oxygen atoms in total. The number of fused-ring (bicyclic) bond motifs is 1. The first kappa shape index (κ1) is 41.5. The number of nitrogens with two attached hydrogens (primary N) is 2. The number of Topliss-reactive ketones (excluding diaryl/α,β-unsaturated/α-hetero) is 1. The minimum atomic E-state index is -1.00. The van der Waals surface area contributed by atoms with Gasteiger partial charge in [-0.15, -0.1) is 0 Å². The Bertz CT molecular complexity index is 1540. The molecule has 282 valence electrons. The van der Waals surface area contributed by atoms with Gasteiger partial charge < -0.3 is 43.0 Å². The molecular weight excluding hydrogens is 687 g/mol. The molecule has 2 atom stereocenters. The molecule has 1 aromatic carbocycles. The number of hydrogen-bond donors (Lipinski definition) is 8. The zero-order valence-corrected chi connectivity index (χ0v) is 30.3. The lowest BCUT2D eigenvalue weighted by Gasteiger charge is -2.25. The number of primary amides is 2. The van der Waals surface area contributed by atoms with Crippen LogP contribution >= 0.6 is 12.6 Å². The Kier molecular flexibility index (Phi) is 18.2. The first-order chi connectivity index (χ1) is 25.1. The van der Waals surface area contributed by atoms with E-state index in [2.05, 4.69) is 56.3 Å². The standard InChI is InChI=1S/C36H51N9O6S/c37-35(50)42-15-4-8-28(34(49)41-17-19-52)20-31(46)30(10-5-16-43-36(38)51)44-32(47)24-45(33(48)23-40-22-25-6-3-14-39-21-25)18-13-27-12-11-26-7-1-2-9-29(26)27/h1-3,6-7,9,12,14,21,28,30,40,52H,4-5,8,10-11,13,15-20,22-24H2,(H,41,49)(H,44,47)(H3,37,42,50)(H3,38,43,51). The molecule has 9 N–H and O–H groups in total. The van der Waals surface area contributed by atoms with Gasteiger partial charge in [0.1, 0.15) is 0 Å². The number of carbonyl (C=O) groups is 6. The summed E-state index contributed by atoms with van der Waals surface area (Å²) in [4.78, 5) is 81.8. The van der Waals surface area contributed by atoms with E-state index in [1.165, 1.54) is 10.5 Å². The SMILES string of the molecule is NC(=O)NCCCC(CC(=O)C(CCCNC(N)=O)NC(=O)CN(CCC1=CCc2ccccc21)C(=O)CNCc1cccnc1)C(=O)NCCS. The highest BCUT2D eigenvalue weighted by atomic mass is 32.1. The van der Waals surface area contributed by atoms with Gasteiger partial charge in [-0.1, -0.05) is 36.4 Å². The van der Waals surface area contributed by atoms with Gasteiger partial charge in [-0.3, -0.25) is 24.2 Å². The lowest BCUT2D eigenvalue weighted by atomic mass is 9.91. The van der Waals surface area contributed by atoms with Crippen molar-refractivity contribution >= 4 is 53.8 Å². The van der Waals surface area contributed by atoms with Crippen molar-refractivity contribution < 1.29 is 28.8 Å². The Balaban J connectivity index is 1.72. The Morgan fingerprint density at radius 2 is 1.63 bits per heavy atom. The molecule has 16 heteroatoms. The number of thiol groups is 1. The summed E-state index contributed by atoms with van der Waals surface area (Å²) in [6, 6.07) is 9.36. The van der Waals surface area contributed by atoms with Crippen LogP contribution in [-0.2, 0) is 32.1 Å². The Hall–Kier alpha value is -4.96. The summed E-state index contributed by atoms with van der Waals surface area (Å²) >= 11 is 4.14. The lowest BCUT2D eigenvalue weighted by Crippen LogP contribution is -2.49. The minimum Gasteiger partial charge on any atom is -0.355 e. The van der Waals surface area contributed by atoms with E-state index in [1.807, 2.05) is 30.3 Å². The Morgan fingerprint density at radius 1 is 0.904 bits per heavy atom. The zero-order chi connectivity index (χ0) is 37.7. The van der Waals surface area contributed by atoms with Gasteiger partial charge in [0, 0.05) is 63.2 Å². The third-order valence-electron chi connectivity index (χ3n) is 8.55. The van der Waals surface area contributed by atoms with Crippen molar-refractivity contribution in [1.82, 2.24) is 36.5 Å². The molecule has 0 fully saturated rings. The molecule has 0 spiro atoms. The second-order valence-electron chi connectivity index (χ2n) is 12.5. The zero-order valence-electron chi connectivity index (χ0n) is 29.4. The summed E-state index contributed by atoms with van der Waals surface area (Å²) in [6.07, 6.45) is 7.80. The highest BCUT2D eigenvalue weighted by Gasteiger charge is 2.28. The van der Waals surface area contributed by atoms with Crippen molar-refractivity contribution in [3.63, 3.8) is 0 Å². The average Bonchev–Trinajstić information content (AvgIpc) is 3.54. The first-order valence-corrected chi connectivity index (χ1v) is 18.1. The van der Waals surface area contributed by atoms with Crippen molar-refractivity contribution in [3.05, 3.63) is 71.6 Å². The van der Waals surface area contributed by atoms with Gasteiger partial charge in [0.2, 0.25) is 17.7 Å². The van der Waals surface area contributed by atoms with Crippen molar-refractivity contribution in [3.8, 4) is 0 Å². The molecule has 2 unspecified atom stereocenters. The van der Waals surface area contributed by atoms with Crippen molar-refractivity contribution in [2.24, 2.45) is 17.4 Å². The van der Waals surface area contributed by atoms with Crippen LogP contribution in [0.25, 0.3) is 5.57 Å². The number of carbonyl (C=O) groups excluding carboxylic acids is 6. The first-order valence-electron chi connectivity index (χ1n) is 17.5. The number of urea groups is 2. The van der Waals surface area contributed by atoms with Gasteiger partial charge >= 0.3 is 12.1 Å². The fraction of sp³-hybridized carbons (Fsp3) is 0.472. The molecule has 3 rings (SSSR count). The van der Waals surface area contributed by atoms with Crippen molar-refractivity contribution in [1.29, 1.82) is 0 Å². The van der Waals surface area contributed by atoms with E-state index in [0.29, 0.717) is 38.1 Å². The van der Waals surface area contributed by atoms with Crippen LogP contribution in [-0.4, -0.2) is 96.5 Å². The number of amides is 7. The van der Waals surface area contributed by atoms with Gasteiger partial charge in [0.05, 0.1) is 19.1 Å². The number of pyridine rings is 1. The number of allylic oxidation sites excluding steroid dienone is 1. The normalized spacial score (nSPS) is 12.8. The maximum Gasteiger partial charge on any atom is 0.312 e. The van der Waals surface area contributed by atoms with Crippen LogP contribution in [0.2, 0.25) is 0 Å². The third-order valence-corrected chi connectivity index (χ3v) is 8.77. The molecule has 0 radical (unpaired) electrons. The molecule has 1 aliphatic carbocycles. The molecule has 52 heavy (non-hydrogen) atoms. The van der Waals surface area contributed by atoms with E-state index in [-0.39, 0.29) is 69.6 Å². The quantitative estimate of drug-likeness (QED) is 0.0572. The number of hydrogen-bond acceptors (Lipinski definition) is 9. The number of nitrogens with zero attached hydrogens (tertiary/aromatic N) is 2. The summed E-state index contributed by atoms with van der Waals surface area (Å²) in [7, 11) is 0. The highest BCUT2D eigenvalue weighted by molar-refractivity contribution is 7.80. The van der Waals surface area contributed by atoms with Crippen molar-refractivity contribution in [2.75, 3.05) is 45.0 Å². The van der Waals surface area contributed by atoms with Gasteiger partial charge in [-0.25, -0.2) is 9.59 Å². The molecule has 0 saturated heterocycles. The Labute approximate surface area is 309 Å². The molecule has 1 aliphatic rings. The van der Waals surface area contributed by atoms with E-state index < -0.39 is 29.9 Å². The van der Waals surface area contributed by atoms with E-state index in [4.69, 9.17) is 11.5 Å². The molecule has 1 heterocycles. The van der Waals surface area contributed by atoms with Gasteiger partial charge in [-0.2, -0.15) is 12.6 Å². The van der Waals surface area contributed by atoms with Crippen LogP contribution < -0.4 is 38.1 Å². The molecular formula is C36H51N9O6S. The topological polar surface area (TPSA) is 231 Å². The van der Waals surface area contributed by atoms with Crippen LogP contribution in [0.4, 0.5) is 9.59 Å². The van der Waals surface area contributed by atoms with E-state index >= 15 is 0 Å². The lowest BCUT2D eigenvalue weighted by molar-refractivity contribution is -0.136. The second kappa shape index (κ2) is 22.8. The maximum atomic E-state index is 13.7. The molecule has 7 amide bonds. The fourth-order valence-electron chi connectivity index (χ4n) is 5.91. The molecule has 1 aromatic heterocycles. The van der Waals surface area contributed by atoms with Crippen LogP contribution in [0.15, 0.2) is 54.9 Å². The van der Waals surface area contributed by atoms with Crippen LogP contribution in [0, 0.1) is 5.92 Å². The van der Waals surface area contributed by atoms with Crippen LogP contribution in [0.1, 0.15) is 55.2 Å². The van der Waals surface area contributed by atoms with E-state index in [0.717, 1.165) is 23.1 Å². The van der Waals surface area contributed by atoms with Crippen molar-refractivity contribution in [2.45, 2.75) is 57.5 Å². The average molecular weight is 738 g/mol. The van der Waals surface area contributed by atoms with Gasteiger partial charge in [0.15, 0.2) is 5.78 Å². The molecule has 0 bridgehead atoms. The van der Waals surface area contributed by atoms with Crippen LogP contribution in [0.3, 0.4) is 0 Å². The predicted octanol–water partition coefficient (Wildman–Crippen LogP) is 1.03. The van der Waals surface area contributed by atoms with Crippen LogP contribution in [0.5, 0.6) is 0 Å². The number of rotatable bonds is 24. The van der Waals surface area contributed by atoms with E-state index in [1.54, 1.807) is 12.4 Å². The number of nitrogens with one attached hydrogen (secondary N) is 5. The molecule has 0 aliphatic heterocycles. The van der Waals surface area contributed by atoms with Gasteiger partial charge in [0.25, 0.3) is 0 Å². The fourth-order valence-corrected chi connectivity index (χ4v) is 6.02. The Morgan fingerprint density at radius 3 is 2.33 bits per heavy atom. The number of benzene rings is 1. The summed E-state index contributed by atoms with van der Waals surface area (Å²) in [5.41, 5.74) is 14.7. The summed E-state index contributed by atoms with van der Waals surface area (Å²) in [6.45, 7) is 1.06. The third kappa shape index (κ3) is 15.1. The highest BCUT2D eigenvalue weighted by Crippen LogP contribution is 2.29. The van der Waals surface area contributed by atoms with E-state index in [9.17, 15) is 28.8 Å². The molecule has 0 saturated carbocycles. The number of ketones is 1. The second-order valence-corrected chi connectivity index (χ2v) is 12.9. The summed E-state index contributed by atoms with van der Waals surface area (Å²) in [5, 5.41) is 13.6. The largest absolute Gasteiger partial charge is 0.355 e. The monoisotopic (exact) mass is 737 g/mol. The summed E-state index contributed by atoms with van der Waals surface area (Å²) in [5.74, 6) is -1.89. The predicted molar refractivity (Wildman–Crippen MR) is 201 cm³/mol. The summed E-state index contributed by atoms with van der Waals surface area (Å²) < 4.78 is 0. The smallest absolute Gasteiger partial charge is 0.312 e. The van der Waals surface area contributed by atoms with Gasteiger partial charge in [-0.05, 0) is 66.9 Å². The number of aromatic nitrogens is 1. The minimum absolute atomic E-state index is 0.0212. The molecule has 2 aromatic rings. The maximum absolute atomic E-state index is 13.7.